The fourth-order valence-corrected chi connectivity index (χ4v) is 2.05. The van der Waals surface area contributed by atoms with Gasteiger partial charge in [-0.25, -0.2) is 0 Å². The molecule has 0 heterocycles. The third kappa shape index (κ3) is 3.79. The number of halogens is 1. The first kappa shape index (κ1) is 13.5. The number of hydrogen-bond donors (Lipinski definition) is 0. The van der Waals surface area contributed by atoms with E-state index in [-0.39, 0.29) is 12.2 Å². The van der Waals surface area contributed by atoms with E-state index in [1.165, 1.54) is 5.56 Å². The summed E-state index contributed by atoms with van der Waals surface area (Å²) in [6.45, 7) is 5.72. The predicted octanol–water partition coefficient (Wildman–Crippen LogP) is 3.76. The lowest BCUT2D eigenvalue weighted by Gasteiger charge is -2.19. The molecule has 3 heteroatoms. The van der Waals surface area contributed by atoms with Gasteiger partial charge in [-0.2, -0.15) is 0 Å². The highest BCUT2D eigenvalue weighted by atomic mass is 127. The summed E-state index contributed by atoms with van der Waals surface area (Å²) in [6.07, 6.45) is 1.99. The van der Waals surface area contributed by atoms with Gasteiger partial charge in [0, 0.05) is 4.43 Å². The molecule has 0 aromatic heterocycles. The minimum Gasteiger partial charge on any atom is -0.497 e. The molecular formula is C13H17IO2. The Morgan fingerprint density at radius 1 is 1.38 bits per heavy atom. The maximum Gasteiger partial charge on any atom is 0.118 e. The van der Waals surface area contributed by atoms with Crippen LogP contribution in [-0.4, -0.2) is 17.6 Å². The third-order valence-corrected chi connectivity index (χ3v) is 3.14. The zero-order chi connectivity index (χ0) is 12.0. The Bertz CT molecular complexity index is 321. The van der Waals surface area contributed by atoms with Gasteiger partial charge in [0.25, 0.3) is 0 Å². The summed E-state index contributed by atoms with van der Waals surface area (Å²) in [7, 11) is 1.67. The highest BCUT2D eigenvalue weighted by Crippen LogP contribution is 2.24. The van der Waals surface area contributed by atoms with Crippen molar-refractivity contribution in [3.05, 3.63) is 42.5 Å². The van der Waals surface area contributed by atoms with Crippen LogP contribution in [0, 0.1) is 0 Å². The number of methoxy groups -OCH3 is 1. The molecule has 0 aliphatic rings. The molecule has 0 aliphatic heterocycles. The zero-order valence-corrected chi connectivity index (χ0v) is 11.8. The molecule has 0 aliphatic carbocycles. The van der Waals surface area contributed by atoms with Gasteiger partial charge in [-0.1, -0.05) is 40.8 Å². The molecule has 0 saturated heterocycles. The number of benzene rings is 1. The molecular weight excluding hydrogens is 315 g/mol. The molecule has 1 rings (SSSR count). The Morgan fingerprint density at radius 3 is 2.44 bits per heavy atom. The van der Waals surface area contributed by atoms with E-state index in [0.717, 1.165) is 10.2 Å². The van der Waals surface area contributed by atoms with Crippen molar-refractivity contribution in [3.8, 4) is 5.75 Å². The van der Waals surface area contributed by atoms with Crippen LogP contribution >= 0.6 is 22.6 Å². The van der Waals surface area contributed by atoms with Gasteiger partial charge in [0.05, 0.1) is 19.3 Å². The average Bonchev–Trinajstić information content (AvgIpc) is 2.35. The van der Waals surface area contributed by atoms with Gasteiger partial charge in [-0.3, -0.25) is 0 Å². The first-order chi connectivity index (χ1) is 7.71. The van der Waals surface area contributed by atoms with Crippen molar-refractivity contribution in [2.45, 2.75) is 19.1 Å². The van der Waals surface area contributed by atoms with Crippen LogP contribution in [0.15, 0.2) is 36.9 Å². The number of hydrogen-bond acceptors (Lipinski definition) is 2. The fraction of sp³-hybridized carbons (Fsp3) is 0.385. The van der Waals surface area contributed by atoms with Crippen LogP contribution in [0.5, 0.6) is 5.75 Å². The number of ether oxygens (including phenoxy) is 2. The average molecular weight is 332 g/mol. The predicted molar refractivity (Wildman–Crippen MR) is 75.4 cm³/mol. The van der Waals surface area contributed by atoms with Crippen LogP contribution in [0.4, 0.5) is 0 Å². The topological polar surface area (TPSA) is 18.5 Å². The van der Waals surface area contributed by atoms with Gasteiger partial charge in [-0.05, 0) is 24.6 Å². The molecule has 2 atom stereocenters. The lowest BCUT2D eigenvalue weighted by molar-refractivity contribution is 0.0385. The molecule has 1 aromatic carbocycles. The first-order valence-corrected chi connectivity index (χ1v) is 6.71. The molecule has 1 aromatic rings. The van der Waals surface area contributed by atoms with E-state index in [2.05, 4.69) is 29.2 Å². The summed E-state index contributed by atoms with van der Waals surface area (Å²) in [6, 6.07) is 7.99. The molecule has 88 valence electrons. The van der Waals surface area contributed by atoms with Gasteiger partial charge >= 0.3 is 0 Å². The molecule has 0 bridgehead atoms. The first-order valence-electron chi connectivity index (χ1n) is 5.19. The number of alkyl halides is 1. The van der Waals surface area contributed by atoms with Crippen molar-refractivity contribution in [3.63, 3.8) is 0 Å². The van der Waals surface area contributed by atoms with Gasteiger partial charge in [0.15, 0.2) is 0 Å². The Morgan fingerprint density at radius 2 is 2.00 bits per heavy atom. The van der Waals surface area contributed by atoms with E-state index in [1.807, 2.05) is 37.3 Å². The molecule has 2 nitrogen and oxygen atoms in total. The van der Waals surface area contributed by atoms with Crippen molar-refractivity contribution < 1.29 is 9.47 Å². The summed E-state index contributed by atoms with van der Waals surface area (Å²) in [4.78, 5) is 0. The highest BCUT2D eigenvalue weighted by molar-refractivity contribution is 14.1. The van der Waals surface area contributed by atoms with Crippen molar-refractivity contribution >= 4 is 22.6 Å². The van der Waals surface area contributed by atoms with Crippen molar-refractivity contribution in [2.24, 2.45) is 0 Å². The second-order valence-corrected chi connectivity index (χ2v) is 4.37. The maximum absolute atomic E-state index is 5.84. The van der Waals surface area contributed by atoms with E-state index in [0.29, 0.717) is 0 Å². The SMILES string of the molecule is C=CC(C)OC(CI)c1ccc(OC)cc1. The monoisotopic (exact) mass is 332 g/mol. The summed E-state index contributed by atoms with van der Waals surface area (Å²) in [5.41, 5.74) is 1.17. The second-order valence-electron chi connectivity index (χ2n) is 3.49. The van der Waals surface area contributed by atoms with Gasteiger partial charge in [-0.15, -0.1) is 6.58 Å². The summed E-state index contributed by atoms with van der Waals surface area (Å²) in [5.74, 6) is 0.868. The van der Waals surface area contributed by atoms with Gasteiger partial charge in [0.1, 0.15) is 5.75 Å². The van der Waals surface area contributed by atoms with Crippen LogP contribution in [0.3, 0.4) is 0 Å². The quantitative estimate of drug-likeness (QED) is 0.449. The molecule has 16 heavy (non-hydrogen) atoms. The molecule has 0 fully saturated rings. The van der Waals surface area contributed by atoms with Crippen molar-refractivity contribution in [2.75, 3.05) is 11.5 Å². The largest absolute Gasteiger partial charge is 0.497 e. The molecule has 0 spiro atoms. The van der Waals surface area contributed by atoms with Crippen LogP contribution in [0.2, 0.25) is 0 Å². The van der Waals surface area contributed by atoms with E-state index in [1.54, 1.807) is 7.11 Å². The smallest absolute Gasteiger partial charge is 0.118 e. The lowest BCUT2D eigenvalue weighted by Crippen LogP contribution is -2.12. The van der Waals surface area contributed by atoms with Crippen molar-refractivity contribution in [1.29, 1.82) is 0 Å². The van der Waals surface area contributed by atoms with E-state index in [4.69, 9.17) is 9.47 Å². The number of rotatable bonds is 6. The summed E-state index contributed by atoms with van der Waals surface area (Å²) < 4.78 is 11.9. The Balaban J connectivity index is 2.74. The fourth-order valence-electron chi connectivity index (χ4n) is 1.34. The normalized spacial score (nSPS) is 14.2. The standard InChI is InChI=1S/C13H17IO2/c1-4-10(2)16-13(9-14)11-5-7-12(15-3)8-6-11/h4-8,10,13H,1,9H2,2-3H3. The molecule has 0 saturated carbocycles. The Labute approximate surface area is 111 Å². The molecule has 0 N–H and O–H groups in total. The Hall–Kier alpha value is -0.550. The minimum atomic E-state index is 0.0712. The zero-order valence-electron chi connectivity index (χ0n) is 9.65. The third-order valence-electron chi connectivity index (χ3n) is 2.34. The van der Waals surface area contributed by atoms with E-state index in [9.17, 15) is 0 Å². The van der Waals surface area contributed by atoms with Crippen LogP contribution in [-0.2, 0) is 4.74 Å². The van der Waals surface area contributed by atoms with Crippen LogP contribution in [0.25, 0.3) is 0 Å². The van der Waals surface area contributed by atoms with E-state index >= 15 is 0 Å². The van der Waals surface area contributed by atoms with Crippen LogP contribution < -0.4 is 4.74 Å². The molecule has 0 amide bonds. The van der Waals surface area contributed by atoms with E-state index < -0.39 is 0 Å². The summed E-state index contributed by atoms with van der Waals surface area (Å²) in [5, 5.41) is 0. The Kier molecular flexibility index (Phi) is 5.84. The molecule has 2 unspecified atom stereocenters. The van der Waals surface area contributed by atoms with Crippen LogP contribution in [0.1, 0.15) is 18.6 Å². The summed E-state index contributed by atoms with van der Waals surface area (Å²) >= 11 is 2.33. The molecule has 0 radical (unpaired) electrons. The van der Waals surface area contributed by atoms with Gasteiger partial charge in [0.2, 0.25) is 0 Å². The van der Waals surface area contributed by atoms with Gasteiger partial charge < -0.3 is 9.47 Å². The minimum absolute atomic E-state index is 0.0712. The maximum atomic E-state index is 5.84. The highest BCUT2D eigenvalue weighted by Gasteiger charge is 2.12. The van der Waals surface area contributed by atoms with Crippen molar-refractivity contribution in [1.82, 2.24) is 0 Å². The lowest BCUT2D eigenvalue weighted by atomic mass is 10.1. The second kappa shape index (κ2) is 6.91.